The van der Waals surface area contributed by atoms with Crippen molar-refractivity contribution in [3.05, 3.63) is 29.8 Å². The van der Waals surface area contributed by atoms with E-state index in [1.807, 2.05) is 45.0 Å². The Kier molecular flexibility index (Phi) is 8.14. The average molecular weight is 376 g/mol. The molecular weight excluding hydrogens is 342 g/mol. The molecule has 2 rings (SSSR count). The van der Waals surface area contributed by atoms with E-state index in [1.165, 1.54) is 6.42 Å². The molecule has 1 aromatic rings. The zero-order valence-corrected chi connectivity index (χ0v) is 16.9. The number of nitrogens with one attached hydrogen (secondary N) is 1. The van der Waals surface area contributed by atoms with Gasteiger partial charge in [0.2, 0.25) is 0 Å². The molecule has 5 nitrogen and oxygen atoms in total. The van der Waals surface area contributed by atoms with Gasteiger partial charge in [0.15, 0.2) is 0 Å². The predicted octanol–water partition coefficient (Wildman–Crippen LogP) is 5.02. The summed E-state index contributed by atoms with van der Waals surface area (Å²) in [5, 5.41) is 2.77. The van der Waals surface area contributed by atoms with Gasteiger partial charge in [-0.1, -0.05) is 31.4 Å². The first-order valence-electron chi connectivity index (χ1n) is 10.1. The summed E-state index contributed by atoms with van der Waals surface area (Å²) in [4.78, 5) is 23.9. The molecule has 0 aromatic heterocycles. The topological polar surface area (TPSA) is 64.6 Å². The van der Waals surface area contributed by atoms with E-state index in [-0.39, 0.29) is 18.0 Å². The lowest BCUT2D eigenvalue weighted by molar-refractivity contribution is -0.139. The number of amides is 1. The summed E-state index contributed by atoms with van der Waals surface area (Å²) in [5.74, 6) is 0.602. The van der Waals surface area contributed by atoms with Crippen molar-refractivity contribution >= 4 is 12.1 Å². The largest absolute Gasteiger partial charge is 0.444 e. The zero-order valence-electron chi connectivity index (χ0n) is 16.9. The number of ether oxygens (including phenoxy) is 2. The van der Waals surface area contributed by atoms with Crippen molar-refractivity contribution in [2.24, 2.45) is 5.92 Å². The van der Waals surface area contributed by atoms with Gasteiger partial charge in [0, 0.05) is 6.54 Å². The maximum absolute atomic E-state index is 12.3. The highest BCUT2D eigenvalue weighted by atomic mass is 16.6. The summed E-state index contributed by atoms with van der Waals surface area (Å²) < 4.78 is 10.8. The van der Waals surface area contributed by atoms with Gasteiger partial charge in [0.05, 0.1) is 5.92 Å². The molecule has 1 aromatic carbocycles. The zero-order chi connectivity index (χ0) is 19.7. The first-order chi connectivity index (χ1) is 12.8. The Balaban J connectivity index is 1.69. The smallest absolute Gasteiger partial charge is 0.407 e. The van der Waals surface area contributed by atoms with Crippen LogP contribution in [0.25, 0.3) is 0 Å². The Bertz CT molecular complexity index is 615. The number of unbranched alkanes of at least 4 members (excludes halogenated alkanes) is 1. The van der Waals surface area contributed by atoms with Crippen molar-refractivity contribution in [3.8, 4) is 5.75 Å². The third-order valence-corrected chi connectivity index (χ3v) is 4.62. The standard InChI is InChI=1S/C22H33NO4/c1-22(2,3)27-21(25)23-15-8-7-10-17-11-9-14-19(16-17)26-20(24)18-12-5-4-6-13-18/h9,11,14,16,18H,4-8,10,12-13,15H2,1-3H3,(H,23,25). The minimum absolute atomic E-state index is 0.0568. The number of carbonyl (C=O) groups excluding carboxylic acids is 2. The van der Waals surface area contributed by atoms with E-state index < -0.39 is 5.60 Å². The number of aryl methyl sites for hydroxylation is 1. The Hall–Kier alpha value is -2.04. The highest BCUT2D eigenvalue weighted by molar-refractivity contribution is 5.75. The molecule has 0 unspecified atom stereocenters. The van der Waals surface area contributed by atoms with Gasteiger partial charge in [-0.05, 0) is 70.6 Å². The van der Waals surface area contributed by atoms with E-state index in [1.54, 1.807) is 0 Å². The number of carbonyl (C=O) groups is 2. The molecule has 0 atom stereocenters. The molecule has 1 saturated carbocycles. The second-order valence-electron chi connectivity index (χ2n) is 8.29. The van der Waals surface area contributed by atoms with Crippen LogP contribution in [0.2, 0.25) is 0 Å². The van der Waals surface area contributed by atoms with E-state index in [4.69, 9.17) is 9.47 Å². The molecule has 150 valence electrons. The lowest BCUT2D eigenvalue weighted by atomic mass is 9.89. The van der Waals surface area contributed by atoms with Gasteiger partial charge in [-0.15, -0.1) is 0 Å². The second-order valence-corrected chi connectivity index (χ2v) is 8.29. The van der Waals surface area contributed by atoms with Crippen LogP contribution in [0.15, 0.2) is 24.3 Å². The monoisotopic (exact) mass is 375 g/mol. The van der Waals surface area contributed by atoms with Crippen molar-refractivity contribution in [3.63, 3.8) is 0 Å². The van der Waals surface area contributed by atoms with Gasteiger partial charge in [0.1, 0.15) is 11.4 Å². The van der Waals surface area contributed by atoms with Crippen molar-refractivity contribution in [1.82, 2.24) is 5.32 Å². The van der Waals surface area contributed by atoms with E-state index in [0.717, 1.165) is 50.5 Å². The lowest BCUT2D eigenvalue weighted by Crippen LogP contribution is -2.33. The fourth-order valence-corrected chi connectivity index (χ4v) is 3.26. The highest BCUT2D eigenvalue weighted by Crippen LogP contribution is 2.26. The Labute approximate surface area is 162 Å². The van der Waals surface area contributed by atoms with Gasteiger partial charge in [0.25, 0.3) is 0 Å². The van der Waals surface area contributed by atoms with Gasteiger partial charge >= 0.3 is 12.1 Å². The molecule has 1 fully saturated rings. The van der Waals surface area contributed by atoms with Crippen molar-refractivity contribution in [2.45, 2.75) is 77.7 Å². The number of hydrogen-bond donors (Lipinski definition) is 1. The van der Waals surface area contributed by atoms with Crippen LogP contribution in [-0.4, -0.2) is 24.2 Å². The lowest BCUT2D eigenvalue weighted by Gasteiger charge is -2.20. The van der Waals surface area contributed by atoms with E-state index in [0.29, 0.717) is 12.3 Å². The second kappa shape index (κ2) is 10.3. The molecular formula is C22H33NO4. The molecule has 1 amide bonds. The third-order valence-electron chi connectivity index (χ3n) is 4.62. The van der Waals surface area contributed by atoms with E-state index in [9.17, 15) is 9.59 Å². The minimum atomic E-state index is -0.473. The van der Waals surface area contributed by atoms with Crippen LogP contribution < -0.4 is 10.1 Å². The fourth-order valence-electron chi connectivity index (χ4n) is 3.26. The van der Waals surface area contributed by atoms with Gasteiger partial charge in [-0.2, -0.15) is 0 Å². The highest BCUT2D eigenvalue weighted by Gasteiger charge is 2.23. The van der Waals surface area contributed by atoms with Gasteiger partial charge < -0.3 is 14.8 Å². The van der Waals surface area contributed by atoms with Crippen LogP contribution in [-0.2, 0) is 16.0 Å². The van der Waals surface area contributed by atoms with Gasteiger partial charge in [-0.3, -0.25) is 4.79 Å². The molecule has 1 N–H and O–H groups in total. The fraction of sp³-hybridized carbons (Fsp3) is 0.636. The minimum Gasteiger partial charge on any atom is -0.444 e. The van der Waals surface area contributed by atoms with Crippen LogP contribution in [0.3, 0.4) is 0 Å². The molecule has 0 spiro atoms. The average Bonchev–Trinajstić information content (AvgIpc) is 2.61. The Morgan fingerprint density at radius 2 is 1.85 bits per heavy atom. The summed E-state index contributed by atoms with van der Waals surface area (Å²) in [5.41, 5.74) is 0.667. The summed E-state index contributed by atoms with van der Waals surface area (Å²) in [6.45, 7) is 6.13. The molecule has 0 saturated heterocycles. The normalized spacial score (nSPS) is 15.2. The molecule has 1 aliphatic carbocycles. The summed E-state index contributed by atoms with van der Waals surface area (Å²) in [7, 11) is 0. The quantitative estimate of drug-likeness (QED) is 0.413. The molecule has 1 aliphatic rings. The van der Waals surface area contributed by atoms with Crippen LogP contribution in [0, 0.1) is 5.92 Å². The number of esters is 1. The van der Waals surface area contributed by atoms with Crippen molar-refractivity contribution in [2.75, 3.05) is 6.54 Å². The van der Waals surface area contributed by atoms with Crippen molar-refractivity contribution < 1.29 is 19.1 Å². The molecule has 5 heteroatoms. The summed E-state index contributed by atoms with van der Waals surface area (Å²) >= 11 is 0. The van der Waals surface area contributed by atoms with E-state index in [2.05, 4.69) is 5.32 Å². The SMILES string of the molecule is CC(C)(C)OC(=O)NCCCCc1cccc(OC(=O)C2CCCCC2)c1. The van der Waals surface area contributed by atoms with Crippen LogP contribution in [0.5, 0.6) is 5.75 Å². The van der Waals surface area contributed by atoms with Gasteiger partial charge in [-0.25, -0.2) is 4.79 Å². The van der Waals surface area contributed by atoms with Crippen LogP contribution >= 0.6 is 0 Å². The molecule has 0 bridgehead atoms. The Morgan fingerprint density at radius 1 is 1.11 bits per heavy atom. The predicted molar refractivity (Wildman–Crippen MR) is 106 cm³/mol. The van der Waals surface area contributed by atoms with Crippen LogP contribution in [0.1, 0.15) is 71.3 Å². The molecule has 0 aliphatic heterocycles. The maximum atomic E-state index is 12.3. The maximum Gasteiger partial charge on any atom is 0.407 e. The third kappa shape index (κ3) is 8.46. The van der Waals surface area contributed by atoms with Crippen molar-refractivity contribution in [1.29, 1.82) is 0 Å². The first-order valence-corrected chi connectivity index (χ1v) is 10.1. The molecule has 27 heavy (non-hydrogen) atoms. The number of benzene rings is 1. The number of alkyl carbamates (subject to hydrolysis) is 1. The van der Waals surface area contributed by atoms with Crippen LogP contribution in [0.4, 0.5) is 4.79 Å². The first kappa shape index (κ1) is 21.3. The molecule has 0 radical (unpaired) electrons. The summed E-state index contributed by atoms with van der Waals surface area (Å²) in [6.07, 6.45) is 7.67. The molecule has 0 heterocycles. The number of hydrogen-bond acceptors (Lipinski definition) is 4. The Morgan fingerprint density at radius 3 is 2.56 bits per heavy atom. The number of rotatable bonds is 7. The summed E-state index contributed by atoms with van der Waals surface area (Å²) in [6, 6.07) is 7.76. The van der Waals surface area contributed by atoms with E-state index >= 15 is 0 Å².